The van der Waals surface area contributed by atoms with Crippen LogP contribution < -0.4 is 10.6 Å². The van der Waals surface area contributed by atoms with Crippen molar-refractivity contribution in [1.29, 1.82) is 0 Å². The smallest absolute Gasteiger partial charge is 0.0792 e. The van der Waals surface area contributed by atoms with Gasteiger partial charge in [0.05, 0.1) is 16.4 Å². The summed E-state index contributed by atoms with van der Waals surface area (Å²) in [5, 5.41) is 0.731. The lowest BCUT2D eigenvalue weighted by Gasteiger charge is -2.32. The van der Waals surface area contributed by atoms with Gasteiger partial charge in [0.25, 0.3) is 0 Å². The Hall–Kier alpha value is -1.67. The Labute approximate surface area is 112 Å². The third kappa shape index (κ3) is 1.93. The van der Waals surface area contributed by atoms with E-state index in [0.29, 0.717) is 0 Å². The number of fused-ring (bicyclic) bond motifs is 1. The lowest BCUT2D eigenvalue weighted by atomic mass is 9.99. The summed E-state index contributed by atoms with van der Waals surface area (Å²) in [5.74, 6) is 0. The predicted molar refractivity (Wildman–Crippen MR) is 77.1 cm³/mol. The van der Waals surface area contributed by atoms with Gasteiger partial charge in [-0.2, -0.15) is 0 Å². The van der Waals surface area contributed by atoms with Crippen molar-refractivity contribution in [2.24, 2.45) is 0 Å². The first-order valence-electron chi connectivity index (χ1n) is 6.11. The van der Waals surface area contributed by atoms with E-state index in [0.717, 1.165) is 35.9 Å². The number of nitrogen functional groups attached to an aromatic ring is 1. The number of nitrogens with zero attached hydrogens (tertiary/aromatic N) is 1. The molecule has 0 fully saturated rings. The molecule has 0 radical (unpaired) electrons. The number of rotatable bonds is 1. The number of para-hydroxylation sites is 1. The zero-order valence-corrected chi connectivity index (χ0v) is 10.8. The highest BCUT2D eigenvalue weighted by atomic mass is 35.5. The number of hydrogen-bond acceptors (Lipinski definition) is 2. The minimum Gasteiger partial charge on any atom is -0.397 e. The molecule has 0 spiro atoms. The van der Waals surface area contributed by atoms with Gasteiger partial charge in [0.2, 0.25) is 0 Å². The molecule has 0 amide bonds. The minimum absolute atomic E-state index is 0.731. The minimum atomic E-state index is 0.731. The Bertz CT molecular complexity index is 560. The van der Waals surface area contributed by atoms with E-state index in [1.165, 1.54) is 11.1 Å². The second kappa shape index (κ2) is 4.54. The summed E-state index contributed by atoms with van der Waals surface area (Å²) < 4.78 is 0. The molecule has 1 aliphatic rings. The van der Waals surface area contributed by atoms with Crippen molar-refractivity contribution >= 4 is 23.0 Å². The summed E-state index contributed by atoms with van der Waals surface area (Å²) in [6, 6.07) is 14.2. The van der Waals surface area contributed by atoms with E-state index in [1.54, 1.807) is 0 Å². The highest BCUT2D eigenvalue weighted by Gasteiger charge is 2.19. The topological polar surface area (TPSA) is 29.3 Å². The third-order valence-corrected chi connectivity index (χ3v) is 3.77. The second-order valence-electron chi connectivity index (χ2n) is 4.62. The molecule has 0 saturated carbocycles. The van der Waals surface area contributed by atoms with Gasteiger partial charge in [-0.05, 0) is 29.7 Å². The van der Waals surface area contributed by atoms with Crippen LogP contribution in [-0.2, 0) is 13.0 Å². The van der Waals surface area contributed by atoms with Gasteiger partial charge in [0.1, 0.15) is 0 Å². The molecule has 1 aliphatic heterocycles. The fourth-order valence-corrected chi connectivity index (χ4v) is 2.85. The van der Waals surface area contributed by atoms with E-state index in [1.807, 2.05) is 18.2 Å². The second-order valence-corrected chi connectivity index (χ2v) is 5.03. The number of halogens is 1. The molecule has 0 atom stereocenters. The molecule has 2 N–H and O–H groups in total. The number of benzene rings is 2. The van der Waals surface area contributed by atoms with Crippen molar-refractivity contribution < 1.29 is 0 Å². The van der Waals surface area contributed by atoms with Crippen molar-refractivity contribution in [3.05, 3.63) is 58.6 Å². The number of nitrogens with two attached hydrogens (primary N) is 1. The third-order valence-electron chi connectivity index (χ3n) is 3.46. The molecule has 2 aromatic carbocycles. The summed E-state index contributed by atoms with van der Waals surface area (Å²) in [6.07, 6.45) is 1.04. The maximum Gasteiger partial charge on any atom is 0.0792 e. The van der Waals surface area contributed by atoms with Gasteiger partial charge in [0, 0.05) is 13.1 Å². The fourth-order valence-electron chi connectivity index (χ4n) is 2.55. The maximum absolute atomic E-state index is 6.27. The molecule has 0 aliphatic carbocycles. The van der Waals surface area contributed by atoms with Gasteiger partial charge in [-0.25, -0.2) is 0 Å². The average molecular weight is 259 g/mol. The summed E-state index contributed by atoms with van der Waals surface area (Å²) in [7, 11) is 0. The molecule has 0 saturated heterocycles. The molecular weight excluding hydrogens is 244 g/mol. The van der Waals surface area contributed by atoms with Crippen molar-refractivity contribution in [2.45, 2.75) is 13.0 Å². The number of anilines is 2. The van der Waals surface area contributed by atoms with Crippen LogP contribution in [0.2, 0.25) is 5.02 Å². The van der Waals surface area contributed by atoms with Crippen LogP contribution in [0.15, 0.2) is 42.5 Å². The van der Waals surface area contributed by atoms with Gasteiger partial charge in [0.15, 0.2) is 0 Å². The van der Waals surface area contributed by atoms with Crippen LogP contribution in [0.1, 0.15) is 11.1 Å². The summed E-state index contributed by atoms with van der Waals surface area (Å²) in [4.78, 5) is 2.26. The Balaban J connectivity index is 1.97. The lowest BCUT2D eigenvalue weighted by molar-refractivity contribution is 0.733. The fraction of sp³-hybridized carbons (Fsp3) is 0.200. The Morgan fingerprint density at radius 1 is 1.00 bits per heavy atom. The average Bonchev–Trinajstić information content (AvgIpc) is 2.38. The SMILES string of the molecule is Nc1cccc(Cl)c1N1CCc2ccccc2C1. The quantitative estimate of drug-likeness (QED) is 0.794. The Morgan fingerprint density at radius 2 is 1.78 bits per heavy atom. The van der Waals surface area contributed by atoms with Crippen LogP contribution in [0, 0.1) is 0 Å². The first-order chi connectivity index (χ1) is 8.75. The summed E-state index contributed by atoms with van der Waals surface area (Å²) in [6.45, 7) is 1.84. The molecule has 92 valence electrons. The van der Waals surface area contributed by atoms with Crippen molar-refractivity contribution in [3.63, 3.8) is 0 Å². The Morgan fingerprint density at radius 3 is 2.56 bits per heavy atom. The molecular formula is C15H15ClN2. The first-order valence-corrected chi connectivity index (χ1v) is 6.49. The predicted octanol–water partition coefficient (Wildman–Crippen LogP) is 3.48. The molecule has 2 aromatic rings. The number of hydrogen-bond donors (Lipinski definition) is 1. The molecule has 0 bridgehead atoms. The van der Waals surface area contributed by atoms with Crippen LogP contribution in [0.5, 0.6) is 0 Å². The molecule has 3 heteroatoms. The van der Waals surface area contributed by atoms with E-state index < -0.39 is 0 Å². The monoisotopic (exact) mass is 258 g/mol. The molecule has 0 unspecified atom stereocenters. The van der Waals surface area contributed by atoms with E-state index in [4.69, 9.17) is 17.3 Å². The summed E-state index contributed by atoms with van der Waals surface area (Å²) in [5.41, 5.74) is 10.6. The van der Waals surface area contributed by atoms with Gasteiger partial charge in [-0.15, -0.1) is 0 Å². The lowest BCUT2D eigenvalue weighted by Crippen LogP contribution is -2.31. The van der Waals surface area contributed by atoms with Crippen LogP contribution in [0.4, 0.5) is 11.4 Å². The van der Waals surface area contributed by atoms with Crippen molar-refractivity contribution in [3.8, 4) is 0 Å². The van der Waals surface area contributed by atoms with Crippen LogP contribution >= 0.6 is 11.6 Å². The molecule has 18 heavy (non-hydrogen) atoms. The van der Waals surface area contributed by atoms with Crippen molar-refractivity contribution in [2.75, 3.05) is 17.2 Å². The Kier molecular flexibility index (Phi) is 2.88. The van der Waals surface area contributed by atoms with Crippen LogP contribution in [0.3, 0.4) is 0 Å². The van der Waals surface area contributed by atoms with E-state index in [-0.39, 0.29) is 0 Å². The maximum atomic E-state index is 6.27. The standard InChI is InChI=1S/C15H15ClN2/c16-13-6-3-7-14(17)15(13)18-9-8-11-4-1-2-5-12(11)10-18/h1-7H,8-10,17H2. The molecule has 3 rings (SSSR count). The molecule has 2 nitrogen and oxygen atoms in total. The first kappa shape index (κ1) is 11.4. The van der Waals surface area contributed by atoms with Crippen LogP contribution in [-0.4, -0.2) is 6.54 Å². The van der Waals surface area contributed by atoms with Gasteiger partial charge < -0.3 is 10.6 Å². The molecule has 1 heterocycles. The van der Waals surface area contributed by atoms with Crippen LogP contribution in [0.25, 0.3) is 0 Å². The molecule has 0 aromatic heterocycles. The largest absolute Gasteiger partial charge is 0.397 e. The highest BCUT2D eigenvalue weighted by molar-refractivity contribution is 6.34. The van der Waals surface area contributed by atoms with E-state index in [9.17, 15) is 0 Å². The van der Waals surface area contributed by atoms with Gasteiger partial charge >= 0.3 is 0 Å². The highest BCUT2D eigenvalue weighted by Crippen LogP contribution is 2.34. The zero-order chi connectivity index (χ0) is 12.5. The van der Waals surface area contributed by atoms with E-state index >= 15 is 0 Å². The van der Waals surface area contributed by atoms with E-state index in [2.05, 4.69) is 29.2 Å². The zero-order valence-electron chi connectivity index (χ0n) is 10.1. The van der Waals surface area contributed by atoms with Crippen molar-refractivity contribution in [1.82, 2.24) is 0 Å². The van der Waals surface area contributed by atoms with Gasteiger partial charge in [-0.1, -0.05) is 41.9 Å². The normalized spacial score (nSPS) is 14.4. The van der Waals surface area contributed by atoms with Gasteiger partial charge in [-0.3, -0.25) is 0 Å². The summed E-state index contributed by atoms with van der Waals surface area (Å²) >= 11 is 6.27.